The molecule has 2 heterocycles. The number of hydrogen-bond acceptors (Lipinski definition) is 5. The lowest BCUT2D eigenvalue weighted by atomic mass is 9.77. The van der Waals surface area contributed by atoms with Crippen LogP contribution in [-0.4, -0.2) is 35.4 Å². The molecule has 0 aromatic carbocycles. The lowest BCUT2D eigenvalue weighted by Gasteiger charge is -2.37. The molecule has 24 heavy (non-hydrogen) atoms. The van der Waals surface area contributed by atoms with Crippen LogP contribution in [0.1, 0.15) is 56.9 Å². The molecule has 0 amide bonds. The van der Waals surface area contributed by atoms with E-state index in [0.29, 0.717) is 23.5 Å². The van der Waals surface area contributed by atoms with Crippen molar-refractivity contribution in [1.29, 1.82) is 5.26 Å². The molecule has 2 aliphatic carbocycles. The third kappa shape index (κ3) is 3.26. The molecule has 128 valence electrons. The SMILES string of the molecule is N#Cc1cccnc1OC1CCC(NC2COC3(CCC3)C2)CC1. The Morgan fingerprint density at radius 1 is 1.25 bits per heavy atom. The summed E-state index contributed by atoms with van der Waals surface area (Å²) in [4.78, 5) is 4.20. The number of hydrogen-bond donors (Lipinski definition) is 1. The van der Waals surface area contributed by atoms with Gasteiger partial charge >= 0.3 is 0 Å². The maximum Gasteiger partial charge on any atom is 0.231 e. The quantitative estimate of drug-likeness (QED) is 0.921. The van der Waals surface area contributed by atoms with E-state index in [4.69, 9.17) is 14.7 Å². The number of aromatic nitrogens is 1. The van der Waals surface area contributed by atoms with Crippen LogP contribution >= 0.6 is 0 Å². The van der Waals surface area contributed by atoms with Gasteiger partial charge in [0.25, 0.3) is 0 Å². The fraction of sp³-hybridized carbons (Fsp3) is 0.684. The normalized spacial score (nSPS) is 31.4. The molecule has 0 radical (unpaired) electrons. The van der Waals surface area contributed by atoms with E-state index >= 15 is 0 Å². The average Bonchev–Trinajstić information content (AvgIpc) is 3.02. The molecule has 1 spiro atoms. The molecule has 1 N–H and O–H groups in total. The molecule has 1 aromatic rings. The van der Waals surface area contributed by atoms with Crippen LogP contribution in [0.5, 0.6) is 5.88 Å². The van der Waals surface area contributed by atoms with Crippen molar-refractivity contribution >= 4 is 0 Å². The topological polar surface area (TPSA) is 67.2 Å². The highest BCUT2D eigenvalue weighted by Crippen LogP contribution is 2.43. The van der Waals surface area contributed by atoms with E-state index in [1.165, 1.54) is 25.7 Å². The monoisotopic (exact) mass is 327 g/mol. The zero-order valence-corrected chi connectivity index (χ0v) is 14.0. The molecule has 0 bridgehead atoms. The second-order valence-electron chi connectivity index (χ2n) is 7.47. The van der Waals surface area contributed by atoms with Crippen LogP contribution in [-0.2, 0) is 4.74 Å². The molecule has 1 unspecified atom stereocenters. The third-order valence-electron chi connectivity index (χ3n) is 5.79. The summed E-state index contributed by atoms with van der Waals surface area (Å²) in [6.45, 7) is 0.871. The number of nitriles is 1. The van der Waals surface area contributed by atoms with E-state index in [-0.39, 0.29) is 11.7 Å². The fourth-order valence-corrected chi connectivity index (χ4v) is 4.28. The van der Waals surface area contributed by atoms with Gasteiger partial charge in [-0.25, -0.2) is 4.98 Å². The van der Waals surface area contributed by atoms with Gasteiger partial charge < -0.3 is 14.8 Å². The number of nitrogens with zero attached hydrogens (tertiary/aromatic N) is 2. The van der Waals surface area contributed by atoms with Crippen molar-refractivity contribution in [2.24, 2.45) is 0 Å². The van der Waals surface area contributed by atoms with E-state index < -0.39 is 0 Å². The van der Waals surface area contributed by atoms with Crippen LogP contribution in [0.15, 0.2) is 18.3 Å². The summed E-state index contributed by atoms with van der Waals surface area (Å²) in [6.07, 6.45) is 11.1. The Morgan fingerprint density at radius 2 is 2.08 bits per heavy atom. The molecule has 3 fully saturated rings. The molecule has 5 heteroatoms. The summed E-state index contributed by atoms with van der Waals surface area (Å²) in [5.74, 6) is 0.479. The molecular formula is C19H25N3O2. The molecule has 5 nitrogen and oxygen atoms in total. The Morgan fingerprint density at radius 3 is 2.75 bits per heavy atom. The van der Waals surface area contributed by atoms with Crippen molar-refractivity contribution in [3.63, 3.8) is 0 Å². The van der Waals surface area contributed by atoms with Gasteiger partial charge in [0.1, 0.15) is 17.7 Å². The first-order chi connectivity index (χ1) is 11.8. The Labute approximate surface area is 143 Å². The van der Waals surface area contributed by atoms with Gasteiger partial charge in [0, 0.05) is 18.3 Å². The Bertz CT molecular complexity index is 615. The summed E-state index contributed by atoms with van der Waals surface area (Å²) in [5, 5.41) is 12.9. The van der Waals surface area contributed by atoms with E-state index in [0.717, 1.165) is 32.3 Å². The van der Waals surface area contributed by atoms with E-state index in [9.17, 15) is 0 Å². The van der Waals surface area contributed by atoms with Crippen LogP contribution in [0.2, 0.25) is 0 Å². The Kier molecular flexibility index (Phi) is 4.43. The minimum Gasteiger partial charge on any atom is -0.473 e. The predicted octanol–water partition coefficient (Wildman–Crippen LogP) is 2.94. The minimum atomic E-state index is 0.169. The zero-order valence-electron chi connectivity index (χ0n) is 14.0. The van der Waals surface area contributed by atoms with E-state index in [2.05, 4.69) is 16.4 Å². The van der Waals surface area contributed by atoms with Crippen molar-refractivity contribution in [3.8, 4) is 11.9 Å². The number of ether oxygens (including phenoxy) is 2. The van der Waals surface area contributed by atoms with Crippen molar-refractivity contribution in [2.45, 2.75) is 75.2 Å². The van der Waals surface area contributed by atoms with Crippen LogP contribution in [0, 0.1) is 11.3 Å². The first-order valence-electron chi connectivity index (χ1n) is 9.18. The van der Waals surface area contributed by atoms with Crippen LogP contribution in [0.25, 0.3) is 0 Å². The van der Waals surface area contributed by atoms with Gasteiger partial charge in [-0.3, -0.25) is 0 Å². The molecule has 1 atom stereocenters. The summed E-state index contributed by atoms with van der Waals surface area (Å²) in [5.41, 5.74) is 0.747. The molecule has 1 aliphatic heterocycles. The largest absolute Gasteiger partial charge is 0.473 e. The standard InChI is InChI=1S/C19H25N3O2/c20-12-14-3-1-10-21-18(14)24-17-6-4-15(5-7-17)22-16-11-19(23-13-16)8-2-9-19/h1,3,10,15-17,22H,2,4-9,11,13H2. The maximum atomic E-state index is 9.12. The number of pyridine rings is 1. The van der Waals surface area contributed by atoms with Gasteiger partial charge in [-0.2, -0.15) is 5.26 Å². The lowest BCUT2D eigenvalue weighted by molar-refractivity contribution is -0.0563. The van der Waals surface area contributed by atoms with Gasteiger partial charge in [0.15, 0.2) is 0 Å². The van der Waals surface area contributed by atoms with Gasteiger partial charge in [-0.1, -0.05) is 0 Å². The molecule has 1 aromatic heterocycles. The fourth-order valence-electron chi connectivity index (χ4n) is 4.28. The molecular weight excluding hydrogens is 302 g/mol. The molecule has 4 rings (SSSR count). The molecule has 2 saturated carbocycles. The smallest absolute Gasteiger partial charge is 0.231 e. The van der Waals surface area contributed by atoms with Crippen molar-refractivity contribution in [2.75, 3.05) is 6.61 Å². The second kappa shape index (κ2) is 6.70. The molecule has 3 aliphatic rings. The number of nitrogens with one attached hydrogen (secondary N) is 1. The highest BCUT2D eigenvalue weighted by Gasteiger charge is 2.45. The number of rotatable bonds is 4. The van der Waals surface area contributed by atoms with Gasteiger partial charge in [-0.15, -0.1) is 0 Å². The first-order valence-corrected chi connectivity index (χ1v) is 9.18. The van der Waals surface area contributed by atoms with Crippen LogP contribution in [0.4, 0.5) is 0 Å². The van der Waals surface area contributed by atoms with E-state index in [1.807, 2.05) is 0 Å². The van der Waals surface area contributed by atoms with Gasteiger partial charge in [0.05, 0.1) is 12.2 Å². The summed E-state index contributed by atoms with van der Waals surface area (Å²) >= 11 is 0. The Balaban J connectivity index is 1.24. The highest BCUT2D eigenvalue weighted by molar-refractivity contribution is 5.37. The predicted molar refractivity (Wildman–Crippen MR) is 89.7 cm³/mol. The third-order valence-corrected chi connectivity index (χ3v) is 5.79. The van der Waals surface area contributed by atoms with Crippen molar-refractivity contribution in [3.05, 3.63) is 23.9 Å². The zero-order chi connectivity index (χ0) is 16.4. The minimum absolute atomic E-state index is 0.169. The summed E-state index contributed by atoms with van der Waals surface area (Å²) in [7, 11) is 0. The summed E-state index contributed by atoms with van der Waals surface area (Å²) < 4.78 is 12.0. The van der Waals surface area contributed by atoms with Crippen molar-refractivity contribution < 1.29 is 9.47 Å². The average molecular weight is 327 g/mol. The van der Waals surface area contributed by atoms with Gasteiger partial charge in [-0.05, 0) is 63.5 Å². The Hall–Kier alpha value is -1.64. The summed E-state index contributed by atoms with van der Waals surface area (Å²) in [6, 6.07) is 6.76. The molecule has 1 saturated heterocycles. The highest BCUT2D eigenvalue weighted by atomic mass is 16.5. The van der Waals surface area contributed by atoms with E-state index in [1.54, 1.807) is 18.3 Å². The second-order valence-corrected chi connectivity index (χ2v) is 7.47. The van der Waals surface area contributed by atoms with Crippen LogP contribution in [0.3, 0.4) is 0 Å². The first kappa shape index (κ1) is 15.9. The van der Waals surface area contributed by atoms with Gasteiger partial charge in [0.2, 0.25) is 5.88 Å². The van der Waals surface area contributed by atoms with Crippen LogP contribution < -0.4 is 10.1 Å². The van der Waals surface area contributed by atoms with Crippen molar-refractivity contribution in [1.82, 2.24) is 10.3 Å². The lowest BCUT2D eigenvalue weighted by Crippen LogP contribution is -2.44. The maximum absolute atomic E-state index is 9.12.